The molecule has 1 spiro atoms. The van der Waals surface area contributed by atoms with Gasteiger partial charge >= 0.3 is 6.01 Å². The minimum Gasteiger partial charge on any atom is -0.403 e. The van der Waals surface area contributed by atoms with Gasteiger partial charge in [-0.1, -0.05) is 16.7 Å². The maximum atomic E-state index is 13.5. The number of carbonyl (C=O) groups excluding carboxylic acids is 1. The molecule has 2 atom stereocenters. The van der Waals surface area contributed by atoms with E-state index < -0.39 is 17.4 Å². The molecule has 2 aliphatic rings. The van der Waals surface area contributed by atoms with Crippen LogP contribution in [0.15, 0.2) is 16.5 Å². The zero-order valence-electron chi connectivity index (χ0n) is 15.2. The number of likely N-dealkylation sites (tertiary alicyclic amines) is 1. The van der Waals surface area contributed by atoms with E-state index in [1.807, 2.05) is 0 Å². The third kappa shape index (κ3) is 2.83. The molecule has 1 aliphatic carbocycles. The number of halogens is 3. The number of carbonyl (C=O) groups is 1. The van der Waals surface area contributed by atoms with Crippen molar-refractivity contribution in [1.82, 2.24) is 30.5 Å². The normalized spacial score (nSPS) is 23.7. The number of alkyl halides is 2. The van der Waals surface area contributed by atoms with Crippen molar-refractivity contribution in [3.05, 3.63) is 17.2 Å². The standard InChI is InChI=1S/C17H16ClF2N7O2/c1-8(14(28)27-5-4-16(7-27)6-17(16,19)20)21-15-25-24-13(29-15)9-2-3-10(18)12-11(9)22-26-23-12/h2-3,8H,4-7H2,1H3,(H,21,25)(H,22,23,26)/t8-,16+/m0/s1. The van der Waals surface area contributed by atoms with Crippen LogP contribution < -0.4 is 5.32 Å². The van der Waals surface area contributed by atoms with Gasteiger partial charge in [-0.25, -0.2) is 8.78 Å². The smallest absolute Gasteiger partial charge is 0.316 e. The van der Waals surface area contributed by atoms with Crippen molar-refractivity contribution in [1.29, 1.82) is 0 Å². The summed E-state index contributed by atoms with van der Waals surface area (Å²) in [5.74, 6) is -2.76. The van der Waals surface area contributed by atoms with Crippen molar-refractivity contribution in [2.75, 3.05) is 18.4 Å². The van der Waals surface area contributed by atoms with Crippen LogP contribution in [0.25, 0.3) is 22.5 Å². The lowest BCUT2D eigenvalue weighted by atomic mass is 10.1. The molecule has 1 saturated carbocycles. The van der Waals surface area contributed by atoms with E-state index in [1.165, 1.54) is 4.90 Å². The van der Waals surface area contributed by atoms with E-state index in [0.717, 1.165) is 0 Å². The Bertz CT molecular complexity index is 1120. The number of H-pyrrole nitrogens is 1. The number of amides is 1. The van der Waals surface area contributed by atoms with E-state index >= 15 is 0 Å². The summed E-state index contributed by atoms with van der Waals surface area (Å²) in [6.45, 7) is 2.03. The lowest BCUT2D eigenvalue weighted by Gasteiger charge is -2.21. The quantitative estimate of drug-likeness (QED) is 0.663. The Morgan fingerprint density at radius 1 is 1.34 bits per heavy atom. The van der Waals surface area contributed by atoms with Crippen molar-refractivity contribution in [3.63, 3.8) is 0 Å². The molecule has 3 heterocycles. The monoisotopic (exact) mass is 423 g/mol. The summed E-state index contributed by atoms with van der Waals surface area (Å²) in [7, 11) is 0. The predicted molar refractivity (Wildman–Crippen MR) is 98.5 cm³/mol. The molecular formula is C17H16ClF2N7O2. The maximum absolute atomic E-state index is 13.5. The van der Waals surface area contributed by atoms with Gasteiger partial charge in [-0.05, 0) is 25.5 Å². The zero-order valence-corrected chi connectivity index (χ0v) is 16.0. The Balaban J connectivity index is 1.29. The molecule has 1 aromatic carbocycles. The average Bonchev–Trinajstić information content (AvgIpc) is 3.23. The van der Waals surface area contributed by atoms with Gasteiger partial charge in [-0.3, -0.25) is 4.79 Å². The summed E-state index contributed by atoms with van der Waals surface area (Å²) in [5, 5.41) is 21.7. The molecule has 1 aliphatic heterocycles. The molecule has 9 nitrogen and oxygen atoms in total. The highest BCUT2D eigenvalue weighted by molar-refractivity contribution is 6.35. The third-order valence-electron chi connectivity index (χ3n) is 5.67. The number of rotatable bonds is 4. The largest absolute Gasteiger partial charge is 0.403 e. The summed E-state index contributed by atoms with van der Waals surface area (Å²) in [6.07, 6.45) is 0.184. The number of hydrogen-bond acceptors (Lipinski definition) is 7. The van der Waals surface area contributed by atoms with Crippen LogP contribution in [0.5, 0.6) is 0 Å². The van der Waals surface area contributed by atoms with Crippen LogP contribution in [-0.2, 0) is 4.79 Å². The fraction of sp³-hybridized carbons (Fsp3) is 0.471. The molecule has 152 valence electrons. The highest BCUT2D eigenvalue weighted by atomic mass is 35.5. The molecule has 5 rings (SSSR count). The molecule has 2 fully saturated rings. The van der Waals surface area contributed by atoms with Crippen LogP contribution in [0.4, 0.5) is 14.8 Å². The summed E-state index contributed by atoms with van der Waals surface area (Å²) in [5.41, 5.74) is 0.456. The predicted octanol–water partition coefficient (Wildman–Crippen LogP) is 2.72. The van der Waals surface area contributed by atoms with E-state index in [4.69, 9.17) is 16.0 Å². The highest BCUT2D eigenvalue weighted by Crippen LogP contribution is 2.65. The molecule has 0 unspecified atom stereocenters. The van der Waals surface area contributed by atoms with Crippen LogP contribution in [-0.4, -0.2) is 61.5 Å². The molecular weight excluding hydrogens is 408 g/mol. The zero-order chi connectivity index (χ0) is 20.4. The minimum atomic E-state index is -2.66. The topological polar surface area (TPSA) is 113 Å². The first-order chi connectivity index (χ1) is 13.8. The first-order valence-corrected chi connectivity index (χ1v) is 9.43. The summed E-state index contributed by atoms with van der Waals surface area (Å²) in [4.78, 5) is 14.1. The number of aromatic amines is 1. The van der Waals surface area contributed by atoms with Gasteiger partial charge in [0.25, 0.3) is 11.8 Å². The van der Waals surface area contributed by atoms with Crippen molar-refractivity contribution in [3.8, 4) is 11.5 Å². The SMILES string of the molecule is C[C@H](Nc1nnc(-c2ccc(Cl)c3n[nH]nc23)o1)C(=O)N1CC[C@]2(C1)CC2(F)F. The molecule has 3 aromatic rings. The summed E-state index contributed by atoms with van der Waals surface area (Å²) in [6, 6.07) is 2.65. The van der Waals surface area contributed by atoms with Crippen LogP contribution in [0.3, 0.4) is 0 Å². The van der Waals surface area contributed by atoms with E-state index in [0.29, 0.717) is 34.6 Å². The number of nitrogens with zero attached hydrogens (tertiary/aromatic N) is 5. The molecule has 2 aromatic heterocycles. The van der Waals surface area contributed by atoms with Gasteiger partial charge < -0.3 is 14.6 Å². The number of anilines is 1. The van der Waals surface area contributed by atoms with Crippen molar-refractivity contribution >= 4 is 34.6 Å². The van der Waals surface area contributed by atoms with Gasteiger partial charge in [0.2, 0.25) is 5.91 Å². The van der Waals surface area contributed by atoms with Gasteiger partial charge in [0.05, 0.1) is 16.0 Å². The van der Waals surface area contributed by atoms with Crippen molar-refractivity contribution in [2.45, 2.75) is 31.7 Å². The molecule has 0 bridgehead atoms. The average molecular weight is 424 g/mol. The Labute approximate surface area is 167 Å². The highest BCUT2D eigenvalue weighted by Gasteiger charge is 2.73. The molecule has 1 amide bonds. The van der Waals surface area contributed by atoms with E-state index in [-0.39, 0.29) is 30.8 Å². The number of aromatic nitrogens is 5. The van der Waals surface area contributed by atoms with Crippen LogP contribution in [0.1, 0.15) is 19.8 Å². The van der Waals surface area contributed by atoms with Crippen molar-refractivity contribution < 1.29 is 18.0 Å². The number of benzene rings is 1. The van der Waals surface area contributed by atoms with Gasteiger partial charge in [0.15, 0.2) is 0 Å². The van der Waals surface area contributed by atoms with E-state index in [1.54, 1.807) is 19.1 Å². The number of fused-ring (bicyclic) bond motifs is 1. The number of hydrogen-bond donors (Lipinski definition) is 2. The lowest BCUT2D eigenvalue weighted by Crippen LogP contribution is -2.40. The Morgan fingerprint density at radius 3 is 2.83 bits per heavy atom. The molecule has 2 N–H and O–H groups in total. The minimum absolute atomic E-state index is 0.0399. The first kappa shape index (κ1) is 18.2. The van der Waals surface area contributed by atoms with Crippen LogP contribution in [0, 0.1) is 5.41 Å². The Hall–Kier alpha value is -2.82. The lowest BCUT2D eigenvalue weighted by molar-refractivity contribution is -0.131. The summed E-state index contributed by atoms with van der Waals surface area (Å²) < 4.78 is 32.7. The molecule has 1 saturated heterocycles. The third-order valence-corrected chi connectivity index (χ3v) is 5.97. The molecule has 29 heavy (non-hydrogen) atoms. The second-order valence-electron chi connectivity index (χ2n) is 7.57. The van der Waals surface area contributed by atoms with Crippen molar-refractivity contribution in [2.24, 2.45) is 5.41 Å². The first-order valence-electron chi connectivity index (χ1n) is 9.06. The van der Waals surface area contributed by atoms with Gasteiger partial charge in [-0.2, -0.15) is 15.4 Å². The van der Waals surface area contributed by atoms with E-state index in [9.17, 15) is 13.6 Å². The van der Waals surface area contributed by atoms with Gasteiger partial charge in [-0.15, -0.1) is 5.10 Å². The van der Waals surface area contributed by atoms with E-state index in [2.05, 4.69) is 30.9 Å². The fourth-order valence-electron chi connectivity index (χ4n) is 3.87. The second-order valence-corrected chi connectivity index (χ2v) is 7.97. The van der Waals surface area contributed by atoms with Gasteiger partial charge in [0, 0.05) is 19.5 Å². The summed E-state index contributed by atoms with van der Waals surface area (Å²) >= 11 is 6.08. The Morgan fingerprint density at radius 2 is 2.10 bits per heavy atom. The van der Waals surface area contributed by atoms with Crippen LogP contribution in [0.2, 0.25) is 5.02 Å². The van der Waals surface area contributed by atoms with Crippen LogP contribution >= 0.6 is 11.6 Å². The molecule has 12 heteroatoms. The second kappa shape index (κ2) is 6.09. The van der Waals surface area contributed by atoms with Gasteiger partial charge in [0.1, 0.15) is 17.1 Å². The number of nitrogens with one attached hydrogen (secondary N) is 2. The Kier molecular flexibility index (Phi) is 3.83. The maximum Gasteiger partial charge on any atom is 0.316 e. The fourth-order valence-corrected chi connectivity index (χ4v) is 4.06. The molecule has 0 radical (unpaired) electrons.